The van der Waals surface area contributed by atoms with Crippen LogP contribution in [0, 0.1) is 5.92 Å². The van der Waals surface area contributed by atoms with Crippen molar-refractivity contribution in [1.29, 1.82) is 0 Å². The molecule has 4 heteroatoms. The summed E-state index contributed by atoms with van der Waals surface area (Å²) in [4.78, 5) is 10.4. The second kappa shape index (κ2) is 3.07. The van der Waals surface area contributed by atoms with Crippen molar-refractivity contribution in [3.63, 3.8) is 0 Å². The molecular weight excluding hydrogens is 150 g/mol. The topological polar surface area (TPSA) is 49.3 Å². The zero-order chi connectivity index (χ0) is 7.56. The number of nitrogens with one attached hydrogen (secondary N) is 1. The van der Waals surface area contributed by atoms with E-state index >= 15 is 0 Å². The van der Waals surface area contributed by atoms with E-state index in [2.05, 4.69) is 5.32 Å². The highest BCUT2D eigenvalue weighted by atomic mass is 32.1. The van der Waals surface area contributed by atoms with Gasteiger partial charge in [0.15, 0.2) is 0 Å². The van der Waals surface area contributed by atoms with E-state index in [9.17, 15) is 4.79 Å². The summed E-state index contributed by atoms with van der Waals surface area (Å²) in [5, 5.41) is 13.0. The lowest BCUT2D eigenvalue weighted by atomic mass is 10.1. The van der Waals surface area contributed by atoms with Crippen LogP contribution in [-0.2, 0) is 4.79 Å². The Balaban J connectivity index is 2.42. The molecule has 1 saturated heterocycles. The van der Waals surface area contributed by atoms with Crippen molar-refractivity contribution >= 4 is 23.6 Å². The van der Waals surface area contributed by atoms with Gasteiger partial charge >= 0.3 is 5.97 Å². The molecule has 0 radical (unpaired) electrons. The molecule has 0 saturated carbocycles. The highest BCUT2D eigenvalue weighted by Gasteiger charge is 2.27. The van der Waals surface area contributed by atoms with E-state index in [-0.39, 0.29) is 12.0 Å². The number of carbonyl (C=O) groups is 1. The summed E-state index contributed by atoms with van der Waals surface area (Å²) in [6.07, 6.45) is 0.638. The SMILES string of the molecule is O=C(O)[C@@H]1CC(C=S)CN1. The minimum atomic E-state index is -0.778. The molecule has 1 fully saturated rings. The Labute approximate surface area is 64.4 Å². The van der Waals surface area contributed by atoms with Gasteiger partial charge in [0.2, 0.25) is 0 Å². The van der Waals surface area contributed by atoms with Crippen molar-refractivity contribution in [1.82, 2.24) is 5.32 Å². The summed E-state index contributed by atoms with van der Waals surface area (Å²) >= 11 is 4.69. The number of thiocarbonyl (C=S) groups is 1. The molecule has 10 heavy (non-hydrogen) atoms. The lowest BCUT2D eigenvalue weighted by molar-refractivity contribution is -0.139. The van der Waals surface area contributed by atoms with E-state index < -0.39 is 5.97 Å². The van der Waals surface area contributed by atoms with Crippen molar-refractivity contribution in [2.45, 2.75) is 12.5 Å². The molecule has 0 aliphatic carbocycles. The van der Waals surface area contributed by atoms with Crippen LogP contribution in [0.5, 0.6) is 0 Å². The van der Waals surface area contributed by atoms with E-state index in [1.165, 1.54) is 0 Å². The first-order chi connectivity index (χ1) is 4.74. The minimum Gasteiger partial charge on any atom is -0.480 e. The standard InChI is InChI=1S/C6H9NO2S/c8-6(9)5-1-4(3-10)2-7-5/h3-5,7H,1-2H2,(H,8,9)/t4?,5-/m0/s1. The summed E-state index contributed by atoms with van der Waals surface area (Å²) in [7, 11) is 0. The molecule has 1 aliphatic heterocycles. The number of carboxylic acid groups (broad SMARTS) is 1. The Morgan fingerprint density at radius 3 is 2.80 bits per heavy atom. The Bertz CT molecular complexity index is 160. The predicted molar refractivity (Wildman–Crippen MR) is 41.2 cm³/mol. The molecule has 1 heterocycles. The van der Waals surface area contributed by atoms with Gasteiger partial charge in [-0.1, -0.05) is 12.2 Å². The van der Waals surface area contributed by atoms with Crippen molar-refractivity contribution in [3.05, 3.63) is 0 Å². The normalized spacial score (nSPS) is 32.0. The molecule has 2 N–H and O–H groups in total. The van der Waals surface area contributed by atoms with Crippen LogP contribution in [0.1, 0.15) is 6.42 Å². The van der Waals surface area contributed by atoms with E-state index in [4.69, 9.17) is 17.3 Å². The van der Waals surface area contributed by atoms with Gasteiger partial charge in [0.1, 0.15) is 6.04 Å². The third kappa shape index (κ3) is 1.52. The highest BCUT2D eigenvalue weighted by molar-refractivity contribution is 7.79. The monoisotopic (exact) mass is 159 g/mol. The van der Waals surface area contributed by atoms with E-state index in [1.807, 2.05) is 0 Å². The first kappa shape index (κ1) is 7.63. The smallest absolute Gasteiger partial charge is 0.320 e. The van der Waals surface area contributed by atoms with Crippen LogP contribution in [0.2, 0.25) is 0 Å². The first-order valence-corrected chi connectivity index (χ1v) is 3.62. The molecule has 0 aromatic carbocycles. The molecule has 3 nitrogen and oxygen atoms in total. The van der Waals surface area contributed by atoms with Crippen molar-refractivity contribution in [2.24, 2.45) is 5.92 Å². The molecule has 1 aliphatic rings. The van der Waals surface area contributed by atoms with Gasteiger partial charge in [-0.3, -0.25) is 4.79 Å². The van der Waals surface area contributed by atoms with Crippen LogP contribution in [0.4, 0.5) is 0 Å². The molecule has 56 valence electrons. The molecule has 0 spiro atoms. The fourth-order valence-corrected chi connectivity index (χ4v) is 1.26. The lowest BCUT2D eigenvalue weighted by Gasteiger charge is -2.00. The number of aliphatic carboxylic acids is 1. The molecule has 0 bridgehead atoms. The maximum atomic E-state index is 10.4. The van der Waals surface area contributed by atoms with Crippen LogP contribution in [0.25, 0.3) is 0 Å². The second-order valence-corrected chi connectivity index (χ2v) is 2.70. The van der Waals surface area contributed by atoms with Gasteiger partial charge in [-0.25, -0.2) is 0 Å². The highest BCUT2D eigenvalue weighted by Crippen LogP contribution is 2.11. The van der Waals surface area contributed by atoms with Gasteiger partial charge in [-0.05, 0) is 11.8 Å². The van der Waals surface area contributed by atoms with Gasteiger partial charge in [0.05, 0.1) is 0 Å². The maximum Gasteiger partial charge on any atom is 0.320 e. The third-order valence-corrected chi connectivity index (χ3v) is 2.04. The summed E-state index contributed by atoms with van der Waals surface area (Å²) in [5.41, 5.74) is 0. The van der Waals surface area contributed by atoms with Gasteiger partial charge in [-0.2, -0.15) is 0 Å². The van der Waals surface area contributed by atoms with E-state index in [0.29, 0.717) is 13.0 Å². The number of hydrogen-bond acceptors (Lipinski definition) is 3. The first-order valence-electron chi connectivity index (χ1n) is 3.15. The summed E-state index contributed by atoms with van der Waals surface area (Å²) in [6, 6.07) is -0.385. The average Bonchev–Trinajstić information content (AvgIpc) is 2.34. The van der Waals surface area contributed by atoms with Crippen LogP contribution < -0.4 is 5.32 Å². The largest absolute Gasteiger partial charge is 0.480 e. The Morgan fingerprint density at radius 1 is 1.80 bits per heavy atom. The number of hydrogen-bond donors (Lipinski definition) is 2. The van der Waals surface area contributed by atoms with E-state index in [1.54, 1.807) is 5.37 Å². The second-order valence-electron chi connectivity index (χ2n) is 2.43. The number of rotatable bonds is 2. The summed E-state index contributed by atoms with van der Waals surface area (Å²) in [5.74, 6) is -0.518. The van der Waals surface area contributed by atoms with Gasteiger partial charge < -0.3 is 10.4 Å². The number of carboxylic acids is 1. The molecule has 1 rings (SSSR count). The molecule has 1 unspecified atom stereocenters. The van der Waals surface area contributed by atoms with Crippen molar-refractivity contribution in [2.75, 3.05) is 6.54 Å². The Morgan fingerprint density at radius 2 is 2.50 bits per heavy atom. The minimum absolute atomic E-state index is 0.260. The summed E-state index contributed by atoms with van der Waals surface area (Å²) < 4.78 is 0. The maximum absolute atomic E-state index is 10.4. The average molecular weight is 159 g/mol. The van der Waals surface area contributed by atoms with E-state index in [0.717, 1.165) is 0 Å². The predicted octanol–water partition coefficient (Wildman–Crippen LogP) is 0.0488. The Hall–Kier alpha value is -0.480. The molecule has 2 atom stereocenters. The van der Waals surface area contributed by atoms with Crippen LogP contribution >= 0.6 is 12.2 Å². The molecule has 0 aromatic heterocycles. The quantitative estimate of drug-likeness (QED) is 0.559. The van der Waals surface area contributed by atoms with Crippen LogP contribution in [-0.4, -0.2) is 29.0 Å². The van der Waals surface area contributed by atoms with Crippen molar-refractivity contribution < 1.29 is 9.90 Å². The fraction of sp³-hybridized carbons (Fsp3) is 0.667. The molecule has 0 amide bonds. The fourth-order valence-electron chi connectivity index (χ4n) is 1.05. The van der Waals surface area contributed by atoms with Crippen molar-refractivity contribution in [3.8, 4) is 0 Å². The zero-order valence-electron chi connectivity index (χ0n) is 5.41. The van der Waals surface area contributed by atoms with Gasteiger partial charge in [0, 0.05) is 12.5 Å². The van der Waals surface area contributed by atoms with Gasteiger partial charge in [-0.15, -0.1) is 0 Å². The summed E-state index contributed by atoms with van der Waals surface area (Å²) in [6.45, 7) is 0.709. The molecular formula is C6H9NO2S. The van der Waals surface area contributed by atoms with Crippen LogP contribution in [0.15, 0.2) is 0 Å². The van der Waals surface area contributed by atoms with Crippen LogP contribution in [0.3, 0.4) is 0 Å². The lowest BCUT2D eigenvalue weighted by Crippen LogP contribution is -2.29. The zero-order valence-corrected chi connectivity index (χ0v) is 6.23. The van der Waals surface area contributed by atoms with Gasteiger partial charge in [0.25, 0.3) is 0 Å². The Kier molecular flexibility index (Phi) is 2.34. The third-order valence-electron chi connectivity index (χ3n) is 1.66. The molecule has 0 aromatic rings.